The molecule has 0 unspecified atom stereocenters. The van der Waals surface area contributed by atoms with Gasteiger partial charge in [-0.1, -0.05) is 0 Å². The van der Waals surface area contributed by atoms with E-state index in [0.29, 0.717) is 35.6 Å². The van der Waals surface area contributed by atoms with E-state index in [4.69, 9.17) is 5.73 Å². The number of nitrogens with two attached hydrogens (primary N) is 1. The molecule has 0 bridgehead atoms. The van der Waals surface area contributed by atoms with Gasteiger partial charge in [0, 0.05) is 57.0 Å². The van der Waals surface area contributed by atoms with E-state index in [-0.39, 0.29) is 0 Å². The zero-order chi connectivity index (χ0) is 14.9. The van der Waals surface area contributed by atoms with Gasteiger partial charge in [-0.2, -0.15) is 4.31 Å². The molecule has 0 atom stereocenters. The van der Waals surface area contributed by atoms with Crippen molar-refractivity contribution in [2.45, 2.75) is 4.90 Å². The van der Waals surface area contributed by atoms with Gasteiger partial charge in [-0.15, -0.1) is 0 Å². The maximum atomic E-state index is 12.8. The maximum Gasteiger partial charge on any atom is 0.245 e. The molecule has 1 saturated heterocycles. The standard InChI is InChI=1S/C13H19N5O2S/c14-3-5-17-6-8-18(9-7-17)21(19,20)12-10-16-13-11(12)2-1-4-15-13/h1-2,4,10H,3,5-9,14H2,(H,15,16). The van der Waals surface area contributed by atoms with Gasteiger partial charge in [-0.05, 0) is 12.1 Å². The Morgan fingerprint density at radius 3 is 2.76 bits per heavy atom. The van der Waals surface area contributed by atoms with Crippen LogP contribution < -0.4 is 5.73 Å². The molecule has 3 rings (SSSR count). The summed E-state index contributed by atoms with van der Waals surface area (Å²) < 4.78 is 27.1. The van der Waals surface area contributed by atoms with Crippen LogP contribution in [0.4, 0.5) is 0 Å². The van der Waals surface area contributed by atoms with Crippen LogP contribution in [0.1, 0.15) is 0 Å². The van der Waals surface area contributed by atoms with E-state index in [2.05, 4.69) is 14.9 Å². The molecule has 21 heavy (non-hydrogen) atoms. The predicted molar refractivity (Wildman–Crippen MR) is 80.3 cm³/mol. The van der Waals surface area contributed by atoms with Crippen molar-refractivity contribution < 1.29 is 8.42 Å². The first-order valence-electron chi connectivity index (χ1n) is 6.97. The summed E-state index contributed by atoms with van der Waals surface area (Å²) in [5.74, 6) is 0. The van der Waals surface area contributed by atoms with Crippen LogP contribution in [0, 0.1) is 0 Å². The number of piperazine rings is 1. The summed E-state index contributed by atoms with van der Waals surface area (Å²) in [5.41, 5.74) is 6.13. The molecule has 1 aliphatic heterocycles. The highest BCUT2D eigenvalue weighted by Crippen LogP contribution is 2.24. The predicted octanol–water partition coefficient (Wildman–Crippen LogP) is -0.172. The molecule has 0 amide bonds. The van der Waals surface area contributed by atoms with E-state index in [1.807, 2.05) is 0 Å². The number of rotatable bonds is 4. The molecule has 0 radical (unpaired) electrons. The maximum absolute atomic E-state index is 12.8. The van der Waals surface area contributed by atoms with Gasteiger partial charge in [-0.25, -0.2) is 13.4 Å². The normalized spacial score (nSPS) is 18.3. The lowest BCUT2D eigenvalue weighted by Gasteiger charge is -2.33. The van der Waals surface area contributed by atoms with E-state index < -0.39 is 10.0 Å². The SMILES string of the molecule is NCCN1CCN(S(=O)(=O)c2c[nH]c3ncccc23)CC1. The molecule has 1 fully saturated rings. The van der Waals surface area contributed by atoms with Crippen LogP contribution >= 0.6 is 0 Å². The average Bonchev–Trinajstić information content (AvgIpc) is 2.93. The molecule has 0 spiro atoms. The first-order valence-corrected chi connectivity index (χ1v) is 8.41. The number of sulfonamides is 1. The molecule has 8 heteroatoms. The van der Waals surface area contributed by atoms with E-state index in [1.165, 1.54) is 10.5 Å². The quantitative estimate of drug-likeness (QED) is 0.817. The van der Waals surface area contributed by atoms with Crippen LogP contribution in [0.2, 0.25) is 0 Å². The lowest BCUT2D eigenvalue weighted by atomic mass is 10.3. The number of hydrogen-bond acceptors (Lipinski definition) is 5. The fraction of sp³-hybridized carbons (Fsp3) is 0.462. The summed E-state index contributed by atoms with van der Waals surface area (Å²) in [6, 6.07) is 3.52. The highest BCUT2D eigenvalue weighted by molar-refractivity contribution is 7.89. The highest BCUT2D eigenvalue weighted by Gasteiger charge is 2.30. The Morgan fingerprint density at radius 1 is 1.29 bits per heavy atom. The highest BCUT2D eigenvalue weighted by atomic mass is 32.2. The minimum atomic E-state index is -3.48. The van der Waals surface area contributed by atoms with Crippen LogP contribution in [-0.4, -0.2) is 66.9 Å². The van der Waals surface area contributed by atoms with Crippen LogP contribution in [-0.2, 0) is 10.0 Å². The van der Waals surface area contributed by atoms with Gasteiger partial charge in [-0.3, -0.25) is 4.90 Å². The number of H-pyrrole nitrogens is 1. The van der Waals surface area contributed by atoms with Crippen molar-refractivity contribution in [3.8, 4) is 0 Å². The molecular formula is C13H19N5O2S. The zero-order valence-corrected chi connectivity index (χ0v) is 12.5. The summed E-state index contributed by atoms with van der Waals surface area (Å²) >= 11 is 0. The third kappa shape index (κ3) is 2.67. The largest absolute Gasteiger partial charge is 0.345 e. The molecule has 3 N–H and O–H groups in total. The first kappa shape index (κ1) is 14.5. The number of nitrogens with zero attached hydrogens (tertiary/aromatic N) is 3. The molecular weight excluding hydrogens is 290 g/mol. The summed E-state index contributed by atoms with van der Waals surface area (Å²) in [5, 5.41) is 0.641. The Bertz CT molecular complexity index is 719. The monoisotopic (exact) mass is 309 g/mol. The van der Waals surface area contributed by atoms with E-state index in [0.717, 1.165) is 19.6 Å². The number of pyridine rings is 1. The molecule has 7 nitrogen and oxygen atoms in total. The van der Waals surface area contributed by atoms with Gasteiger partial charge in [0.2, 0.25) is 10.0 Å². The Labute approximate surface area is 123 Å². The molecule has 2 aromatic heterocycles. The molecule has 0 saturated carbocycles. The van der Waals surface area contributed by atoms with Crippen LogP contribution in [0.5, 0.6) is 0 Å². The molecule has 2 aromatic rings. The Hall–Kier alpha value is -1.48. The minimum Gasteiger partial charge on any atom is -0.345 e. The van der Waals surface area contributed by atoms with Crippen LogP contribution in [0.25, 0.3) is 11.0 Å². The average molecular weight is 309 g/mol. The summed E-state index contributed by atoms with van der Waals surface area (Å²) in [6.07, 6.45) is 3.17. The second kappa shape index (κ2) is 5.72. The Kier molecular flexibility index (Phi) is 3.94. The third-order valence-corrected chi connectivity index (χ3v) is 5.75. The molecule has 114 valence electrons. The number of nitrogens with one attached hydrogen (secondary N) is 1. The van der Waals surface area contributed by atoms with Crippen molar-refractivity contribution in [2.75, 3.05) is 39.3 Å². The zero-order valence-electron chi connectivity index (χ0n) is 11.7. The molecule has 0 aliphatic carbocycles. The lowest BCUT2D eigenvalue weighted by Crippen LogP contribution is -2.49. The Balaban J connectivity index is 1.85. The van der Waals surface area contributed by atoms with Gasteiger partial charge in [0.1, 0.15) is 10.5 Å². The number of fused-ring (bicyclic) bond motifs is 1. The molecule has 3 heterocycles. The van der Waals surface area contributed by atoms with Gasteiger partial charge in [0.15, 0.2) is 0 Å². The van der Waals surface area contributed by atoms with Crippen molar-refractivity contribution >= 4 is 21.1 Å². The number of aromatic amines is 1. The molecule has 0 aromatic carbocycles. The van der Waals surface area contributed by atoms with Gasteiger partial charge < -0.3 is 10.7 Å². The van der Waals surface area contributed by atoms with Gasteiger partial charge in [0.25, 0.3) is 0 Å². The fourth-order valence-corrected chi connectivity index (χ4v) is 4.23. The molecule has 1 aliphatic rings. The minimum absolute atomic E-state index is 0.304. The number of aromatic nitrogens is 2. The van der Waals surface area contributed by atoms with Gasteiger partial charge in [0.05, 0.1) is 0 Å². The van der Waals surface area contributed by atoms with Gasteiger partial charge >= 0.3 is 0 Å². The lowest BCUT2D eigenvalue weighted by molar-refractivity contribution is 0.193. The van der Waals surface area contributed by atoms with Crippen molar-refractivity contribution in [1.82, 2.24) is 19.2 Å². The third-order valence-electron chi connectivity index (χ3n) is 3.81. The first-order chi connectivity index (χ1) is 10.1. The van der Waals surface area contributed by atoms with Crippen molar-refractivity contribution in [3.05, 3.63) is 24.5 Å². The second-order valence-electron chi connectivity index (χ2n) is 5.09. The van der Waals surface area contributed by atoms with Crippen molar-refractivity contribution in [1.29, 1.82) is 0 Å². The van der Waals surface area contributed by atoms with E-state index in [1.54, 1.807) is 18.3 Å². The number of hydrogen-bond donors (Lipinski definition) is 2. The van der Waals surface area contributed by atoms with Crippen LogP contribution in [0.3, 0.4) is 0 Å². The topological polar surface area (TPSA) is 95.3 Å². The summed E-state index contributed by atoms with van der Waals surface area (Å²) in [6.45, 7) is 3.84. The summed E-state index contributed by atoms with van der Waals surface area (Å²) in [7, 11) is -3.48. The Morgan fingerprint density at radius 2 is 2.05 bits per heavy atom. The van der Waals surface area contributed by atoms with Crippen molar-refractivity contribution in [2.24, 2.45) is 5.73 Å². The van der Waals surface area contributed by atoms with Crippen molar-refractivity contribution in [3.63, 3.8) is 0 Å². The smallest absolute Gasteiger partial charge is 0.245 e. The fourth-order valence-electron chi connectivity index (χ4n) is 2.66. The van der Waals surface area contributed by atoms with Crippen LogP contribution in [0.15, 0.2) is 29.4 Å². The van der Waals surface area contributed by atoms with E-state index in [9.17, 15) is 8.42 Å². The second-order valence-corrected chi connectivity index (χ2v) is 6.99. The summed E-state index contributed by atoms with van der Waals surface area (Å²) in [4.78, 5) is 9.54. The van der Waals surface area contributed by atoms with E-state index >= 15 is 0 Å².